The van der Waals surface area contributed by atoms with Gasteiger partial charge in [0.05, 0.1) is 11.4 Å². The molecule has 0 spiro atoms. The Morgan fingerprint density at radius 1 is 0.783 bits per heavy atom. The molecule has 0 aliphatic carbocycles. The van der Waals surface area contributed by atoms with Gasteiger partial charge in [-0.3, -0.25) is 9.36 Å². The molecule has 0 unspecified atom stereocenters. The molecule has 0 aliphatic heterocycles. The van der Waals surface area contributed by atoms with Crippen LogP contribution in [0.3, 0.4) is 0 Å². The van der Waals surface area contributed by atoms with Crippen molar-refractivity contribution >= 4 is 0 Å². The lowest BCUT2D eigenvalue weighted by Gasteiger charge is -2.04. The second-order valence-corrected chi connectivity index (χ2v) is 5.68. The van der Waals surface area contributed by atoms with Gasteiger partial charge in [0, 0.05) is 38.7 Å². The summed E-state index contributed by atoms with van der Waals surface area (Å²) in [7, 11) is 0. The zero-order valence-corrected chi connectivity index (χ0v) is 14.3. The lowest BCUT2D eigenvalue weighted by atomic mass is 10.3. The SMILES string of the molecule is CCc1cn(CCCCOCCCCn2cc(CC)nn2)nn1. The van der Waals surface area contributed by atoms with Crippen LogP contribution < -0.4 is 0 Å². The summed E-state index contributed by atoms with van der Waals surface area (Å²) in [4.78, 5) is 0. The fourth-order valence-electron chi connectivity index (χ4n) is 2.28. The van der Waals surface area contributed by atoms with Crippen molar-refractivity contribution in [1.82, 2.24) is 30.0 Å². The van der Waals surface area contributed by atoms with E-state index in [0.29, 0.717) is 0 Å². The zero-order chi connectivity index (χ0) is 16.3. The van der Waals surface area contributed by atoms with Crippen LogP contribution in [-0.4, -0.2) is 43.2 Å². The third-order valence-electron chi connectivity index (χ3n) is 3.75. The van der Waals surface area contributed by atoms with Crippen molar-refractivity contribution in [2.24, 2.45) is 0 Å². The van der Waals surface area contributed by atoms with Crippen molar-refractivity contribution in [3.8, 4) is 0 Å². The van der Waals surface area contributed by atoms with Gasteiger partial charge in [0.1, 0.15) is 0 Å². The Balaban J connectivity index is 1.42. The van der Waals surface area contributed by atoms with E-state index in [2.05, 4.69) is 34.5 Å². The number of hydrogen-bond donors (Lipinski definition) is 0. The molecule has 2 aromatic rings. The lowest BCUT2D eigenvalue weighted by molar-refractivity contribution is 0.124. The predicted octanol–water partition coefficient (Wildman–Crippen LogP) is 2.27. The monoisotopic (exact) mass is 320 g/mol. The number of nitrogens with zero attached hydrogens (tertiary/aromatic N) is 6. The molecule has 0 fully saturated rings. The Labute approximate surface area is 138 Å². The lowest BCUT2D eigenvalue weighted by Crippen LogP contribution is -2.04. The number of aryl methyl sites for hydroxylation is 4. The maximum absolute atomic E-state index is 5.67. The van der Waals surface area contributed by atoms with Crippen molar-refractivity contribution in [1.29, 1.82) is 0 Å². The summed E-state index contributed by atoms with van der Waals surface area (Å²) < 4.78 is 9.51. The number of aromatic nitrogens is 6. The first-order chi connectivity index (χ1) is 11.3. The van der Waals surface area contributed by atoms with Crippen LogP contribution in [0.25, 0.3) is 0 Å². The summed E-state index contributed by atoms with van der Waals surface area (Å²) in [6.07, 6.45) is 10.2. The van der Waals surface area contributed by atoms with Crippen LogP contribution in [0.15, 0.2) is 12.4 Å². The normalized spacial score (nSPS) is 11.2. The Morgan fingerprint density at radius 2 is 1.26 bits per heavy atom. The largest absolute Gasteiger partial charge is 0.381 e. The molecule has 23 heavy (non-hydrogen) atoms. The Hall–Kier alpha value is -1.76. The van der Waals surface area contributed by atoms with Crippen molar-refractivity contribution < 1.29 is 4.74 Å². The second-order valence-electron chi connectivity index (χ2n) is 5.68. The van der Waals surface area contributed by atoms with Crippen LogP contribution in [0, 0.1) is 0 Å². The highest BCUT2D eigenvalue weighted by molar-refractivity contribution is 4.91. The van der Waals surface area contributed by atoms with Gasteiger partial charge in [0.15, 0.2) is 0 Å². The summed E-state index contributed by atoms with van der Waals surface area (Å²) in [5.74, 6) is 0. The molecule has 2 aromatic heterocycles. The Bertz CT molecular complexity index is 502. The first-order valence-corrected chi connectivity index (χ1v) is 8.67. The van der Waals surface area contributed by atoms with Gasteiger partial charge in [-0.2, -0.15) is 0 Å². The molecule has 0 N–H and O–H groups in total. The molecule has 0 aromatic carbocycles. The van der Waals surface area contributed by atoms with Crippen molar-refractivity contribution in [3.63, 3.8) is 0 Å². The fraction of sp³-hybridized carbons (Fsp3) is 0.750. The van der Waals surface area contributed by atoms with Crippen LogP contribution in [0.5, 0.6) is 0 Å². The fourth-order valence-corrected chi connectivity index (χ4v) is 2.28. The van der Waals surface area contributed by atoms with Gasteiger partial charge in [0.25, 0.3) is 0 Å². The third-order valence-corrected chi connectivity index (χ3v) is 3.75. The molecular formula is C16H28N6O. The number of ether oxygens (including phenoxy) is 1. The van der Waals surface area contributed by atoms with Crippen molar-refractivity contribution in [2.45, 2.75) is 65.5 Å². The quantitative estimate of drug-likeness (QED) is 0.561. The summed E-state index contributed by atoms with van der Waals surface area (Å²) in [5, 5.41) is 16.4. The van der Waals surface area contributed by atoms with Gasteiger partial charge in [-0.1, -0.05) is 24.3 Å². The average Bonchev–Trinajstić information content (AvgIpc) is 3.22. The standard InChI is InChI=1S/C16H28N6O/c1-3-15-13-21(19-17-15)9-5-7-11-23-12-8-6-10-22-14-16(4-2)18-20-22/h13-14H,3-12H2,1-2H3. The molecule has 7 heteroatoms. The van der Waals surface area contributed by atoms with Gasteiger partial charge in [0.2, 0.25) is 0 Å². The van der Waals surface area contributed by atoms with Gasteiger partial charge in [-0.25, -0.2) is 0 Å². The summed E-state index contributed by atoms with van der Waals surface area (Å²) in [6.45, 7) is 7.66. The van der Waals surface area contributed by atoms with Gasteiger partial charge < -0.3 is 4.74 Å². The maximum Gasteiger partial charge on any atom is 0.0824 e. The van der Waals surface area contributed by atoms with Crippen LogP contribution in [0.1, 0.15) is 50.9 Å². The van der Waals surface area contributed by atoms with E-state index in [4.69, 9.17) is 4.74 Å². The maximum atomic E-state index is 5.67. The summed E-state index contributed by atoms with van der Waals surface area (Å²) >= 11 is 0. The van der Waals surface area contributed by atoms with Crippen LogP contribution in [-0.2, 0) is 30.7 Å². The minimum absolute atomic E-state index is 0.818. The molecule has 0 saturated heterocycles. The van der Waals surface area contributed by atoms with Crippen LogP contribution in [0.4, 0.5) is 0 Å². The Morgan fingerprint density at radius 3 is 1.65 bits per heavy atom. The van der Waals surface area contributed by atoms with Crippen LogP contribution in [0.2, 0.25) is 0 Å². The van der Waals surface area contributed by atoms with Crippen molar-refractivity contribution in [3.05, 3.63) is 23.8 Å². The highest BCUT2D eigenvalue weighted by Crippen LogP contribution is 2.00. The van der Waals surface area contributed by atoms with Crippen molar-refractivity contribution in [2.75, 3.05) is 13.2 Å². The topological polar surface area (TPSA) is 70.7 Å². The van der Waals surface area contributed by atoms with E-state index in [1.54, 1.807) is 0 Å². The number of hydrogen-bond acceptors (Lipinski definition) is 5. The summed E-state index contributed by atoms with van der Waals surface area (Å²) in [6, 6.07) is 0. The second kappa shape index (κ2) is 10.1. The minimum Gasteiger partial charge on any atom is -0.381 e. The molecule has 7 nitrogen and oxygen atoms in total. The van der Waals surface area contributed by atoms with E-state index in [-0.39, 0.29) is 0 Å². The van der Waals surface area contributed by atoms with Gasteiger partial charge in [-0.15, -0.1) is 10.2 Å². The minimum atomic E-state index is 0.818. The van der Waals surface area contributed by atoms with Gasteiger partial charge >= 0.3 is 0 Å². The van der Waals surface area contributed by atoms with E-state index in [1.807, 2.05) is 21.8 Å². The van der Waals surface area contributed by atoms with Gasteiger partial charge in [-0.05, 0) is 38.5 Å². The summed E-state index contributed by atoms with van der Waals surface area (Å²) in [5.41, 5.74) is 2.11. The molecule has 0 saturated carbocycles. The van der Waals surface area contributed by atoms with Crippen LogP contribution >= 0.6 is 0 Å². The number of rotatable bonds is 12. The smallest absolute Gasteiger partial charge is 0.0824 e. The molecule has 0 aliphatic rings. The molecular weight excluding hydrogens is 292 g/mol. The molecule has 0 atom stereocenters. The van der Waals surface area contributed by atoms with E-state index < -0.39 is 0 Å². The third kappa shape index (κ3) is 6.48. The Kier molecular flexibility index (Phi) is 7.72. The average molecular weight is 320 g/mol. The van der Waals surface area contributed by atoms with E-state index in [9.17, 15) is 0 Å². The molecule has 0 radical (unpaired) electrons. The molecule has 2 heterocycles. The van der Waals surface area contributed by atoms with E-state index in [1.165, 1.54) is 0 Å². The predicted molar refractivity (Wildman–Crippen MR) is 88.1 cm³/mol. The number of unbranched alkanes of at least 4 members (excludes halogenated alkanes) is 2. The first-order valence-electron chi connectivity index (χ1n) is 8.67. The van der Waals surface area contributed by atoms with E-state index >= 15 is 0 Å². The highest BCUT2D eigenvalue weighted by atomic mass is 16.5. The molecule has 0 bridgehead atoms. The molecule has 0 amide bonds. The first kappa shape index (κ1) is 17.6. The van der Waals surface area contributed by atoms with E-state index in [0.717, 1.165) is 76.2 Å². The zero-order valence-electron chi connectivity index (χ0n) is 14.3. The highest BCUT2D eigenvalue weighted by Gasteiger charge is 1.99. The molecule has 2 rings (SSSR count). The molecule has 128 valence electrons.